The van der Waals surface area contributed by atoms with E-state index in [4.69, 9.17) is 9.57 Å². The zero-order valence-electron chi connectivity index (χ0n) is 19.2. The number of pyridine rings is 1. The molecule has 3 heterocycles. The molecule has 0 spiro atoms. The quantitative estimate of drug-likeness (QED) is 0.529. The number of carbonyl (C=O) groups excluding carboxylic acids is 1. The average Bonchev–Trinajstić information content (AvgIpc) is 3.57. The molecule has 1 aliphatic carbocycles. The molecular weight excluding hydrogens is 443 g/mol. The number of nitrogens with one attached hydrogen (secondary N) is 1. The molecule has 1 saturated heterocycles. The van der Waals surface area contributed by atoms with Gasteiger partial charge < -0.3 is 14.2 Å². The summed E-state index contributed by atoms with van der Waals surface area (Å²) in [4.78, 5) is 33.2. The maximum absolute atomic E-state index is 15.1. The van der Waals surface area contributed by atoms with Crippen molar-refractivity contribution in [2.45, 2.75) is 51.0 Å². The van der Waals surface area contributed by atoms with Gasteiger partial charge in [0.25, 0.3) is 5.91 Å². The molecule has 34 heavy (non-hydrogen) atoms. The van der Waals surface area contributed by atoms with Gasteiger partial charge in [-0.3, -0.25) is 9.59 Å². The van der Waals surface area contributed by atoms with E-state index in [-0.39, 0.29) is 22.7 Å². The third-order valence-electron chi connectivity index (χ3n) is 5.97. The average molecular weight is 471 g/mol. The van der Waals surface area contributed by atoms with Gasteiger partial charge in [-0.05, 0) is 51.9 Å². The summed E-state index contributed by atoms with van der Waals surface area (Å²) < 4.78 is 23.8. The molecule has 1 aromatic carbocycles. The first-order valence-corrected chi connectivity index (χ1v) is 11.4. The number of hydroxylamine groups is 1. The molecule has 180 valence electrons. The minimum absolute atomic E-state index is 0.101. The van der Waals surface area contributed by atoms with Crippen LogP contribution in [0, 0.1) is 5.82 Å². The van der Waals surface area contributed by atoms with Crippen LogP contribution in [-0.4, -0.2) is 57.4 Å². The molecule has 1 atom stereocenters. The molecule has 3 aromatic rings. The fourth-order valence-electron chi connectivity index (χ4n) is 4.14. The highest BCUT2D eigenvalue weighted by Crippen LogP contribution is 2.37. The van der Waals surface area contributed by atoms with Gasteiger partial charge in [0, 0.05) is 37.2 Å². The van der Waals surface area contributed by atoms with Gasteiger partial charge in [0.1, 0.15) is 17.1 Å². The number of halogens is 1. The van der Waals surface area contributed by atoms with Crippen molar-refractivity contribution in [3.63, 3.8) is 0 Å². The summed E-state index contributed by atoms with van der Waals surface area (Å²) in [6, 6.07) is 2.89. The number of fused-ring (bicyclic) bond motifs is 1. The van der Waals surface area contributed by atoms with Crippen molar-refractivity contribution in [3.8, 4) is 5.69 Å². The lowest BCUT2D eigenvalue weighted by molar-refractivity contribution is -0.186. The van der Waals surface area contributed by atoms with Crippen molar-refractivity contribution in [2.75, 3.05) is 20.7 Å². The number of rotatable bonds is 7. The van der Waals surface area contributed by atoms with Crippen LogP contribution in [0.4, 0.5) is 4.39 Å². The first-order valence-electron chi connectivity index (χ1n) is 11.4. The molecule has 2 aromatic heterocycles. The predicted molar refractivity (Wildman–Crippen MR) is 121 cm³/mol. The lowest BCUT2D eigenvalue weighted by Crippen LogP contribution is -2.35. The highest BCUT2D eigenvalue weighted by Gasteiger charge is 2.28. The van der Waals surface area contributed by atoms with Crippen LogP contribution in [0.3, 0.4) is 0 Å². The van der Waals surface area contributed by atoms with Gasteiger partial charge >= 0.3 is 0 Å². The number of ether oxygens (including phenoxy) is 1. The number of benzene rings is 1. The minimum Gasteiger partial charge on any atom is -0.350 e. The first kappa shape index (κ1) is 22.6. The van der Waals surface area contributed by atoms with Crippen LogP contribution in [0.1, 0.15) is 54.2 Å². The van der Waals surface area contributed by atoms with Gasteiger partial charge in [-0.1, -0.05) is 5.21 Å². The Balaban J connectivity index is 1.50. The number of carbonyl (C=O) groups is 1. The van der Waals surface area contributed by atoms with Crippen LogP contribution in [-0.2, 0) is 16.1 Å². The Hall–Kier alpha value is -3.15. The number of hydrogen-bond donors (Lipinski definition) is 1. The molecule has 10 nitrogen and oxygen atoms in total. The summed E-state index contributed by atoms with van der Waals surface area (Å²) in [5, 5.41) is 8.28. The summed E-state index contributed by atoms with van der Waals surface area (Å²) in [6.45, 7) is 1.13. The zero-order valence-corrected chi connectivity index (χ0v) is 19.2. The van der Waals surface area contributed by atoms with E-state index in [0.29, 0.717) is 30.8 Å². The summed E-state index contributed by atoms with van der Waals surface area (Å²) >= 11 is 0. The smallest absolute Gasteiger partial charge is 0.280 e. The summed E-state index contributed by atoms with van der Waals surface area (Å²) in [7, 11) is 3.82. The Kier molecular flexibility index (Phi) is 6.15. The lowest BCUT2D eigenvalue weighted by atomic mass is 10.1. The second-order valence-electron chi connectivity index (χ2n) is 9.07. The van der Waals surface area contributed by atoms with Crippen LogP contribution in [0.2, 0.25) is 0 Å². The number of nitrogens with zero attached hydrogens (tertiary/aromatic N) is 5. The molecule has 1 amide bonds. The molecule has 1 N–H and O–H groups in total. The zero-order chi connectivity index (χ0) is 23.8. The number of hydrogen-bond acceptors (Lipinski definition) is 7. The standard InChI is InChI=1S/C23H27FN6O4/c1-28(2)11-14-12-30(27-25-14)20-10-19-16(9-18(20)24)22(31)17(13-29(19)15-6-7-15)23(32)26-34-21-5-3-4-8-33-21/h9-10,12-13,15,21H,3-8,11H2,1-2H3,(H,26,32). The summed E-state index contributed by atoms with van der Waals surface area (Å²) in [5.41, 5.74) is 3.10. The summed E-state index contributed by atoms with van der Waals surface area (Å²) in [6.07, 6.45) is 7.03. The second kappa shape index (κ2) is 9.24. The van der Waals surface area contributed by atoms with E-state index in [1.165, 1.54) is 16.9 Å². The third-order valence-corrected chi connectivity index (χ3v) is 5.97. The minimum atomic E-state index is -0.676. The Bertz CT molecular complexity index is 1280. The maximum atomic E-state index is 15.1. The van der Waals surface area contributed by atoms with E-state index < -0.39 is 23.4 Å². The second-order valence-corrected chi connectivity index (χ2v) is 9.07. The van der Waals surface area contributed by atoms with Crippen molar-refractivity contribution in [3.05, 3.63) is 51.8 Å². The molecular formula is C23H27FN6O4. The van der Waals surface area contributed by atoms with Crippen LogP contribution in [0.15, 0.2) is 29.3 Å². The topological polar surface area (TPSA) is 104 Å². The van der Waals surface area contributed by atoms with E-state index in [1.54, 1.807) is 12.3 Å². The molecule has 2 fully saturated rings. The van der Waals surface area contributed by atoms with E-state index in [0.717, 1.165) is 25.7 Å². The van der Waals surface area contributed by atoms with Crippen molar-refractivity contribution in [1.29, 1.82) is 0 Å². The largest absolute Gasteiger partial charge is 0.350 e. The first-order chi connectivity index (χ1) is 16.4. The molecule has 0 radical (unpaired) electrons. The van der Waals surface area contributed by atoms with E-state index in [9.17, 15) is 9.59 Å². The predicted octanol–water partition coefficient (Wildman–Crippen LogP) is 2.31. The van der Waals surface area contributed by atoms with Crippen LogP contribution < -0.4 is 10.9 Å². The molecule has 1 aliphatic heterocycles. The SMILES string of the molecule is CN(C)Cc1cn(-c2cc3c(cc2F)c(=O)c(C(=O)NOC2CCCCO2)cn3C2CC2)nn1. The van der Waals surface area contributed by atoms with Gasteiger partial charge in [-0.25, -0.2) is 19.4 Å². The van der Waals surface area contributed by atoms with Gasteiger partial charge in [0.05, 0.1) is 17.4 Å². The molecule has 11 heteroatoms. The van der Waals surface area contributed by atoms with Gasteiger partial charge in [-0.15, -0.1) is 5.10 Å². The molecule has 1 saturated carbocycles. The van der Waals surface area contributed by atoms with Crippen LogP contribution in [0.25, 0.3) is 16.6 Å². The number of amides is 1. The Morgan fingerprint density at radius 1 is 1.26 bits per heavy atom. The van der Waals surface area contributed by atoms with Crippen molar-refractivity contribution in [1.82, 2.24) is 29.9 Å². The van der Waals surface area contributed by atoms with Crippen LogP contribution in [0.5, 0.6) is 0 Å². The van der Waals surface area contributed by atoms with Crippen molar-refractivity contribution >= 4 is 16.8 Å². The third kappa shape index (κ3) is 4.59. The monoisotopic (exact) mass is 470 g/mol. The van der Waals surface area contributed by atoms with Crippen molar-refractivity contribution < 1.29 is 18.8 Å². The molecule has 0 bridgehead atoms. The molecule has 1 unspecified atom stereocenters. The van der Waals surface area contributed by atoms with E-state index >= 15 is 4.39 Å². The fourth-order valence-corrected chi connectivity index (χ4v) is 4.14. The Labute approximate surface area is 195 Å². The normalized spacial score (nSPS) is 18.5. The van der Waals surface area contributed by atoms with E-state index in [1.807, 2.05) is 23.6 Å². The summed E-state index contributed by atoms with van der Waals surface area (Å²) in [5.74, 6) is -1.30. The number of aromatic nitrogens is 4. The van der Waals surface area contributed by atoms with Gasteiger partial charge in [0.2, 0.25) is 5.43 Å². The lowest BCUT2D eigenvalue weighted by Gasteiger charge is -2.22. The van der Waals surface area contributed by atoms with Crippen molar-refractivity contribution in [2.24, 2.45) is 0 Å². The highest BCUT2D eigenvalue weighted by molar-refractivity contribution is 5.97. The molecule has 2 aliphatic rings. The van der Waals surface area contributed by atoms with E-state index in [2.05, 4.69) is 15.8 Å². The Morgan fingerprint density at radius 2 is 2.09 bits per heavy atom. The van der Waals surface area contributed by atoms with Crippen LogP contribution >= 0.6 is 0 Å². The molecule has 5 rings (SSSR count). The maximum Gasteiger partial charge on any atom is 0.280 e. The highest BCUT2D eigenvalue weighted by atomic mass is 19.1. The van der Waals surface area contributed by atoms with Gasteiger partial charge in [-0.2, -0.15) is 0 Å². The van der Waals surface area contributed by atoms with Gasteiger partial charge in [0.15, 0.2) is 6.29 Å². The fraction of sp³-hybridized carbons (Fsp3) is 0.478. The Morgan fingerprint density at radius 3 is 2.79 bits per heavy atom.